The Morgan fingerprint density at radius 2 is 1.68 bits per heavy atom. The maximum Gasteiger partial charge on any atom is 0.428 e. The van der Waals surface area contributed by atoms with E-state index in [9.17, 15) is 17.6 Å². The van der Waals surface area contributed by atoms with Gasteiger partial charge in [0.05, 0.1) is 11.9 Å². The van der Waals surface area contributed by atoms with Gasteiger partial charge in [0.2, 0.25) is 10.0 Å². The molecule has 0 radical (unpaired) electrons. The number of nitrogens with zero attached hydrogens (tertiary/aromatic N) is 1. The molecule has 0 aliphatic carbocycles. The number of anilines is 1. The number of sulfonamides is 1. The number of carbonyl (C=O) groups is 1. The van der Waals surface area contributed by atoms with Crippen LogP contribution in [0.5, 0.6) is 0 Å². The van der Waals surface area contributed by atoms with E-state index in [0.717, 1.165) is 18.4 Å². The van der Waals surface area contributed by atoms with Gasteiger partial charge in [0.1, 0.15) is 11.4 Å². The molecule has 1 rings (SSSR count). The van der Waals surface area contributed by atoms with Crippen LogP contribution < -0.4 is 4.31 Å². The lowest BCUT2D eigenvalue weighted by Crippen LogP contribution is -2.40. The van der Waals surface area contributed by atoms with Gasteiger partial charge in [0, 0.05) is 0 Å². The zero-order chi connectivity index (χ0) is 14.8. The highest BCUT2D eigenvalue weighted by atomic mass is 32.2. The van der Waals surface area contributed by atoms with E-state index >= 15 is 0 Å². The number of ether oxygens (including phenoxy) is 1. The monoisotopic (exact) mass is 289 g/mol. The molecule has 0 aliphatic heterocycles. The van der Waals surface area contributed by atoms with Gasteiger partial charge in [-0.2, -0.15) is 4.31 Å². The van der Waals surface area contributed by atoms with E-state index in [-0.39, 0.29) is 5.69 Å². The fourth-order valence-electron chi connectivity index (χ4n) is 1.31. The van der Waals surface area contributed by atoms with Crippen LogP contribution in [0.25, 0.3) is 0 Å². The molecule has 0 N–H and O–H groups in total. The first-order valence-corrected chi connectivity index (χ1v) is 7.34. The Balaban J connectivity index is 3.17. The van der Waals surface area contributed by atoms with Crippen molar-refractivity contribution in [2.24, 2.45) is 0 Å². The van der Waals surface area contributed by atoms with Crippen molar-refractivity contribution in [3.63, 3.8) is 0 Å². The summed E-state index contributed by atoms with van der Waals surface area (Å²) in [5.41, 5.74) is -0.807. The molecule has 0 saturated carbocycles. The topological polar surface area (TPSA) is 63.7 Å². The number of rotatable bonds is 2. The summed E-state index contributed by atoms with van der Waals surface area (Å²) in [7, 11) is -3.87. The summed E-state index contributed by atoms with van der Waals surface area (Å²) in [5, 5.41) is 0. The molecule has 0 atom stereocenters. The Morgan fingerprint density at radius 3 is 2.05 bits per heavy atom. The van der Waals surface area contributed by atoms with E-state index in [0.29, 0.717) is 4.31 Å². The number of carbonyl (C=O) groups excluding carboxylic acids is 1. The van der Waals surface area contributed by atoms with Crippen LogP contribution in [-0.2, 0) is 14.8 Å². The lowest BCUT2D eigenvalue weighted by molar-refractivity contribution is 0.0609. The van der Waals surface area contributed by atoms with Crippen LogP contribution in [0.3, 0.4) is 0 Å². The van der Waals surface area contributed by atoms with Crippen molar-refractivity contribution in [3.8, 4) is 0 Å². The normalized spacial score (nSPS) is 12.1. The lowest BCUT2D eigenvalue weighted by atomic mass is 10.2. The van der Waals surface area contributed by atoms with E-state index in [1.165, 1.54) is 12.1 Å². The first kappa shape index (κ1) is 15.4. The molecular weight excluding hydrogens is 273 g/mol. The van der Waals surface area contributed by atoms with Gasteiger partial charge in [-0.3, -0.25) is 0 Å². The average Bonchev–Trinajstić information content (AvgIpc) is 2.16. The number of hydrogen-bond donors (Lipinski definition) is 0. The van der Waals surface area contributed by atoms with Crippen molar-refractivity contribution in [2.75, 3.05) is 10.6 Å². The molecule has 1 aromatic rings. The largest absolute Gasteiger partial charge is 0.443 e. The van der Waals surface area contributed by atoms with Crippen LogP contribution in [0.15, 0.2) is 24.3 Å². The van der Waals surface area contributed by atoms with Gasteiger partial charge in [0.25, 0.3) is 0 Å². The summed E-state index contributed by atoms with van der Waals surface area (Å²) in [5.74, 6) is -0.526. The Bertz CT molecular complexity index is 560. The van der Waals surface area contributed by atoms with E-state index in [4.69, 9.17) is 4.74 Å². The fraction of sp³-hybridized carbons (Fsp3) is 0.417. The van der Waals surface area contributed by atoms with Crippen molar-refractivity contribution >= 4 is 21.8 Å². The van der Waals surface area contributed by atoms with Gasteiger partial charge in [-0.1, -0.05) is 0 Å². The van der Waals surface area contributed by atoms with Crippen LogP contribution in [0.1, 0.15) is 20.8 Å². The predicted molar refractivity (Wildman–Crippen MR) is 70.0 cm³/mol. The molecule has 0 bridgehead atoms. The zero-order valence-corrected chi connectivity index (χ0v) is 12.0. The maximum atomic E-state index is 12.8. The first-order chi connectivity index (χ1) is 8.50. The minimum absolute atomic E-state index is 0.0261. The van der Waals surface area contributed by atoms with Crippen molar-refractivity contribution in [2.45, 2.75) is 26.4 Å². The SMILES string of the molecule is CC(C)(C)OC(=O)N(c1ccc(F)cc1)S(C)(=O)=O. The third-order valence-electron chi connectivity index (χ3n) is 1.95. The molecule has 0 aromatic heterocycles. The number of amides is 1. The minimum Gasteiger partial charge on any atom is -0.443 e. The fourth-order valence-corrected chi connectivity index (χ4v) is 2.12. The van der Waals surface area contributed by atoms with E-state index in [1.807, 2.05) is 0 Å². The summed E-state index contributed by atoms with van der Waals surface area (Å²) < 4.78 is 41.7. The van der Waals surface area contributed by atoms with Crippen LogP contribution in [0, 0.1) is 5.82 Å². The second kappa shape index (κ2) is 5.16. The summed E-state index contributed by atoms with van der Waals surface area (Å²) in [6.07, 6.45) is -0.151. The zero-order valence-electron chi connectivity index (χ0n) is 11.2. The van der Waals surface area contributed by atoms with Gasteiger partial charge >= 0.3 is 6.09 Å². The highest BCUT2D eigenvalue weighted by Crippen LogP contribution is 2.21. The molecular formula is C12H16FNO4S. The van der Waals surface area contributed by atoms with Gasteiger partial charge < -0.3 is 4.74 Å². The van der Waals surface area contributed by atoms with Crippen LogP contribution in [-0.4, -0.2) is 26.4 Å². The molecule has 19 heavy (non-hydrogen) atoms. The third kappa shape index (κ3) is 4.51. The Kier molecular flexibility index (Phi) is 4.19. The average molecular weight is 289 g/mol. The highest BCUT2D eigenvalue weighted by Gasteiger charge is 2.30. The summed E-state index contributed by atoms with van der Waals surface area (Å²) in [4.78, 5) is 11.9. The van der Waals surface area contributed by atoms with Crippen molar-refractivity contribution < 1.29 is 22.3 Å². The second-order valence-electron chi connectivity index (χ2n) is 4.98. The highest BCUT2D eigenvalue weighted by molar-refractivity contribution is 7.92. The van der Waals surface area contributed by atoms with Gasteiger partial charge in [0.15, 0.2) is 0 Å². The summed E-state index contributed by atoms with van der Waals surface area (Å²) in [6, 6.07) is 4.52. The Morgan fingerprint density at radius 1 is 1.21 bits per heavy atom. The lowest BCUT2D eigenvalue weighted by Gasteiger charge is -2.25. The van der Waals surface area contributed by atoms with Gasteiger partial charge in [-0.05, 0) is 45.0 Å². The standard InChI is InChI=1S/C12H16FNO4S/c1-12(2,3)18-11(15)14(19(4,16)17)10-7-5-9(13)6-8-10/h5-8H,1-4H3. The van der Waals surface area contributed by atoms with E-state index < -0.39 is 27.5 Å². The smallest absolute Gasteiger partial charge is 0.428 e. The summed E-state index contributed by atoms with van der Waals surface area (Å²) >= 11 is 0. The molecule has 7 heteroatoms. The molecule has 0 fully saturated rings. The van der Waals surface area contributed by atoms with Crippen molar-refractivity contribution in [3.05, 3.63) is 30.1 Å². The summed E-state index contributed by atoms with van der Waals surface area (Å²) in [6.45, 7) is 4.86. The minimum atomic E-state index is -3.87. The number of hydrogen-bond acceptors (Lipinski definition) is 4. The third-order valence-corrected chi connectivity index (χ3v) is 2.98. The van der Waals surface area contributed by atoms with Crippen molar-refractivity contribution in [1.29, 1.82) is 0 Å². The molecule has 0 unspecified atom stereocenters. The van der Waals surface area contributed by atoms with Crippen molar-refractivity contribution in [1.82, 2.24) is 0 Å². The molecule has 106 valence electrons. The Hall–Kier alpha value is -1.63. The molecule has 1 amide bonds. The maximum absolute atomic E-state index is 12.8. The number of halogens is 1. The van der Waals surface area contributed by atoms with Crippen LogP contribution in [0.2, 0.25) is 0 Å². The molecule has 0 saturated heterocycles. The quantitative estimate of drug-likeness (QED) is 0.839. The molecule has 0 aliphatic rings. The molecule has 0 spiro atoms. The first-order valence-electron chi connectivity index (χ1n) is 5.49. The van der Waals surface area contributed by atoms with Gasteiger partial charge in [-0.15, -0.1) is 0 Å². The van der Waals surface area contributed by atoms with E-state index in [1.54, 1.807) is 20.8 Å². The molecule has 0 heterocycles. The van der Waals surface area contributed by atoms with Crippen LogP contribution in [0.4, 0.5) is 14.9 Å². The Labute approximate surface area is 112 Å². The molecule has 5 nitrogen and oxygen atoms in total. The van der Waals surface area contributed by atoms with Crippen LogP contribution >= 0.6 is 0 Å². The second-order valence-corrected chi connectivity index (χ2v) is 6.82. The van der Waals surface area contributed by atoms with E-state index in [2.05, 4.69) is 0 Å². The number of benzene rings is 1. The molecule has 1 aromatic carbocycles. The van der Waals surface area contributed by atoms with Gasteiger partial charge in [-0.25, -0.2) is 17.6 Å². The predicted octanol–water partition coefficient (Wildman–Crippen LogP) is 2.53.